The van der Waals surface area contributed by atoms with Crippen LogP contribution in [0.1, 0.15) is 39.0 Å². The summed E-state index contributed by atoms with van der Waals surface area (Å²) in [5, 5.41) is 3.09. The van der Waals surface area contributed by atoms with E-state index in [9.17, 15) is 4.79 Å². The first-order valence-electron chi connectivity index (χ1n) is 5.67. The van der Waals surface area contributed by atoms with E-state index in [0.717, 1.165) is 25.2 Å². The summed E-state index contributed by atoms with van der Waals surface area (Å²) in [7, 11) is 0. The second-order valence-corrected chi connectivity index (χ2v) is 5.04. The molecular weight excluding hydrogens is 176 g/mol. The minimum absolute atomic E-state index is 0.183. The summed E-state index contributed by atoms with van der Waals surface area (Å²) in [4.78, 5) is 11.8. The van der Waals surface area contributed by atoms with Gasteiger partial charge in [-0.15, -0.1) is 0 Å². The molecule has 80 valence electrons. The minimum Gasteiger partial charge on any atom is -0.353 e. The van der Waals surface area contributed by atoms with Gasteiger partial charge in [0, 0.05) is 12.6 Å². The van der Waals surface area contributed by atoms with Crippen molar-refractivity contribution in [1.82, 2.24) is 5.32 Å². The molecule has 0 saturated heterocycles. The fourth-order valence-corrected chi connectivity index (χ4v) is 1.96. The average molecular weight is 196 g/mol. The normalized spacial score (nSPS) is 25.6. The molecule has 0 aliphatic heterocycles. The summed E-state index contributed by atoms with van der Waals surface area (Å²) in [6.45, 7) is 2.61. The Hall–Kier alpha value is -0.570. The van der Waals surface area contributed by atoms with Crippen molar-refractivity contribution >= 4 is 5.91 Å². The van der Waals surface area contributed by atoms with Crippen LogP contribution in [0.2, 0.25) is 0 Å². The molecule has 3 N–H and O–H groups in total. The standard InChI is InChI=1S/C11H20N2O/c1-8(6-9-2-3-9)13-10(14)11(7-12)4-5-11/h8-9H,2-7,12H2,1H3,(H,13,14). The molecule has 1 atom stereocenters. The van der Waals surface area contributed by atoms with Gasteiger partial charge in [0.1, 0.15) is 0 Å². The monoisotopic (exact) mass is 196 g/mol. The van der Waals surface area contributed by atoms with Crippen LogP contribution >= 0.6 is 0 Å². The molecular formula is C11H20N2O. The fourth-order valence-electron chi connectivity index (χ4n) is 1.96. The molecule has 2 fully saturated rings. The van der Waals surface area contributed by atoms with Crippen LogP contribution in [0.4, 0.5) is 0 Å². The summed E-state index contributed by atoms with van der Waals surface area (Å²) in [6.07, 6.45) is 5.80. The molecule has 0 spiro atoms. The van der Waals surface area contributed by atoms with Gasteiger partial charge in [0.25, 0.3) is 0 Å². The molecule has 0 bridgehead atoms. The van der Waals surface area contributed by atoms with Gasteiger partial charge in [-0.1, -0.05) is 12.8 Å². The number of hydrogen-bond acceptors (Lipinski definition) is 2. The second kappa shape index (κ2) is 3.54. The van der Waals surface area contributed by atoms with Gasteiger partial charge in [-0.25, -0.2) is 0 Å². The first kappa shape index (κ1) is 9.97. The smallest absolute Gasteiger partial charge is 0.227 e. The Kier molecular flexibility index (Phi) is 2.52. The van der Waals surface area contributed by atoms with Gasteiger partial charge in [-0.3, -0.25) is 4.79 Å². The van der Waals surface area contributed by atoms with Crippen LogP contribution in [0.3, 0.4) is 0 Å². The van der Waals surface area contributed by atoms with Gasteiger partial charge < -0.3 is 11.1 Å². The predicted octanol–water partition coefficient (Wildman–Crippen LogP) is 1.03. The molecule has 3 nitrogen and oxygen atoms in total. The van der Waals surface area contributed by atoms with E-state index < -0.39 is 0 Å². The van der Waals surface area contributed by atoms with Gasteiger partial charge in [-0.05, 0) is 32.1 Å². The highest BCUT2D eigenvalue weighted by Crippen LogP contribution is 2.44. The lowest BCUT2D eigenvalue weighted by Crippen LogP contribution is -2.41. The third-order valence-corrected chi connectivity index (χ3v) is 3.49. The molecule has 2 saturated carbocycles. The Labute approximate surface area is 85.4 Å². The number of carbonyl (C=O) groups excluding carboxylic acids is 1. The summed E-state index contributed by atoms with van der Waals surface area (Å²) in [5.74, 6) is 1.06. The Bertz CT molecular complexity index is 231. The largest absolute Gasteiger partial charge is 0.353 e. The SMILES string of the molecule is CC(CC1CC1)NC(=O)C1(CN)CC1. The second-order valence-electron chi connectivity index (χ2n) is 5.04. The van der Waals surface area contributed by atoms with E-state index >= 15 is 0 Å². The molecule has 3 heteroatoms. The van der Waals surface area contributed by atoms with Crippen molar-refractivity contribution < 1.29 is 4.79 Å². The fraction of sp³-hybridized carbons (Fsp3) is 0.909. The summed E-state index contributed by atoms with van der Waals surface area (Å²) >= 11 is 0. The zero-order valence-corrected chi connectivity index (χ0v) is 8.88. The van der Waals surface area contributed by atoms with Gasteiger partial charge in [0.2, 0.25) is 5.91 Å². The maximum Gasteiger partial charge on any atom is 0.227 e. The predicted molar refractivity (Wildman–Crippen MR) is 55.7 cm³/mol. The molecule has 2 aliphatic carbocycles. The Morgan fingerprint density at radius 2 is 2.21 bits per heavy atom. The van der Waals surface area contributed by atoms with Crippen molar-refractivity contribution in [2.24, 2.45) is 17.1 Å². The number of nitrogens with one attached hydrogen (secondary N) is 1. The number of carbonyl (C=O) groups is 1. The van der Waals surface area contributed by atoms with Gasteiger partial charge in [0.15, 0.2) is 0 Å². The molecule has 0 radical (unpaired) electrons. The Morgan fingerprint density at radius 3 is 2.64 bits per heavy atom. The number of hydrogen-bond donors (Lipinski definition) is 2. The highest BCUT2D eigenvalue weighted by Gasteiger charge is 2.48. The lowest BCUT2D eigenvalue weighted by atomic mass is 10.1. The summed E-state index contributed by atoms with van der Waals surface area (Å²) in [6, 6.07) is 0.332. The topological polar surface area (TPSA) is 55.1 Å². The van der Waals surface area contributed by atoms with E-state index in [2.05, 4.69) is 12.2 Å². The zero-order chi connectivity index (χ0) is 10.2. The lowest BCUT2D eigenvalue weighted by molar-refractivity contribution is -0.126. The van der Waals surface area contributed by atoms with Gasteiger partial charge >= 0.3 is 0 Å². The number of rotatable bonds is 5. The van der Waals surface area contributed by atoms with E-state index in [1.165, 1.54) is 12.8 Å². The van der Waals surface area contributed by atoms with Crippen molar-refractivity contribution in [2.45, 2.75) is 45.1 Å². The van der Waals surface area contributed by atoms with Crippen LogP contribution in [-0.4, -0.2) is 18.5 Å². The van der Waals surface area contributed by atoms with Crippen LogP contribution < -0.4 is 11.1 Å². The highest BCUT2D eigenvalue weighted by atomic mass is 16.2. The average Bonchev–Trinajstić information content (AvgIpc) is 2.99. The third kappa shape index (κ3) is 2.08. The van der Waals surface area contributed by atoms with E-state index in [1.807, 2.05) is 0 Å². The first-order chi connectivity index (χ1) is 6.66. The maximum absolute atomic E-state index is 11.8. The Morgan fingerprint density at radius 1 is 1.57 bits per heavy atom. The van der Waals surface area contributed by atoms with Crippen LogP contribution in [0.25, 0.3) is 0 Å². The van der Waals surface area contributed by atoms with Gasteiger partial charge in [-0.2, -0.15) is 0 Å². The highest BCUT2D eigenvalue weighted by molar-refractivity contribution is 5.85. The number of amides is 1. The van der Waals surface area contributed by atoms with Crippen molar-refractivity contribution in [3.8, 4) is 0 Å². The number of nitrogens with two attached hydrogens (primary N) is 1. The van der Waals surface area contributed by atoms with E-state index in [-0.39, 0.29) is 11.3 Å². The minimum atomic E-state index is -0.183. The van der Waals surface area contributed by atoms with E-state index in [0.29, 0.717) is 12.6 Å². The van der Waals surface area contributed by atoms with Crippen molar-refractivity contribution in [3.63, 3.8) is 0 Å². The van der Waals surface area contributed by atoms with Gasteiger partial charge in [0.05, 0.1) is 5.41 Å². The van der Waals surface area contributed by atoms with Crippen molar-refractivity contribution in [1.29, 1.82) is 0 Å². The lowest BCUT2D eigenvalue weighted by Gasteiger charge is -2.18. The molecule has 1 amide bonds. The van der Waals surface area contributed by atoms with Crippen LogP contribution in [0.5, 0.6) is 0 Å². The quantitative estimate of drug-likeness (QED) is 0.690. The van der Waals surface area contributed by atoms with E-state index in [1.54, 1.807) is 0 Å². The molecule has 2 rings (SSSR count). The van der Waals surface area contributed by atoms with E-state index in [4.69, 9.17) is 5.73 Å². The Balaban J connectivity index is 1.75. The summed E-state index contributed by atoms with van der Waals surface area (Å²) in [5.41, 5.74) is 5.42. The molecule has 0 aromatic heterocycles. The molecule has 0 aromatic carbocycles. The third-order valence-electron chi connectivity index (χ3n) is 3.49. The van der Waals surface area contributed by atoms with Crippen molar-refractivity contribution in [3.05, 3.63) is 0 Å². The summed E-state index contributed by atoms with van der Waals surface area (Å²) < 4.78 is 0. The molecule has 0 heterocycles. The molecule has 1 unspecified atom stereocenters. The maximum atomic E-state index is 11.8. The van der Waals surface area contributed by atoms with Crippen molar-refractivity contribution in [2.75, 3.05) is 6.54 Å². The van der Waals surface area contributed by atoms with Crippen LogP contribution in [0.15, 0.2) is 0 Å². The molecule has 14 heavy (non-hydrogen) atoms. The molecule has 0 aromatic rings. The van der Waals surface area contributed by atoms with Crippen LogP contribution in [0, 0.1) is 11.3 Å². The first-order valence-corrected chi connectivity index (χ1v) is 5.67. The zero-order valence-electron chi connectivity index (χ0n) is 8.88. The molecule has 2 aliphatic rings. The van der Waals surface area contributed by atoms with Crippen LogP contribution in [-0.2, 0) is 4.79 Å².